The van der Waals surface area contributed by atoms with Crippen LogP contribution in [0.4, 0.5) is 0 Å². The van der Waals surface area contributed by atoms with E-state index in [0.29, 0.717) is 5.56 Å². The molecule has 102 valence electrons. The fraction of sp³-hybridized carbons (Fsp3) is 0.400. The van der Waals surface area contributed by atoms with Gasteiger partial charge >= 0.3 is 5.97 Å². The van der Waals surface area contributed by atoms with Gasteiger partial charge in [0.05, 0.1) is 18.1 Å². The second-order valence-corrected chi connectivity index (χ2v) is 5.10. The van der Waals surface area contributed by atoms with Gasteiger partial charge < -0.3 is 9.64 Å². The van der Waals surface area contributed by atoms with Gasteiger partial charge in [0.1, 0.15) is 12.6 Å². The van der Waals surface area contributed by atoms with Crippen molar-refractivity contribution >= 4 is 11.9 Å². The minimum Gasteiger partial charge on any atom is -0.453 e. The van der Waals surface area contributed by atoms with E-state index in [1.165, 1.54) is 0 Å². The van der Waals surface area contributed by atoms with Gasteiger partial charge in [-0.1, -0.05) is 18.2 Å². The van der Waals surface area contributed by atoms with Gasteiger partial charge in [-0.15, -0.1) is 0 Å². The van der Waals surface area contributed by atoms with E-state index in [1.807, 2.05) is 18.2 Å². The number of amides is 1. The monoisotopic (exact) mass is 270 g/mol. The molecule has 5 nitrogen and oxygen atoms in total. The van der Waals surface area contributed by atoms with Crippen LogP contribution in [0, 0.1) is 11.3 Å². The molecule has 20 heavy (non-hydrogen) atoms. The quantitative estimate of drug-likeness (QED) is 0.618. The van der Waals surface area contributed by atoms with Gasteiger partial charge in [0.15, 0.2) is 0 Å². The van der Waals surface area contributed by atoms with Gasteiger partial charge in [0.2, 0.25) is 5.91 Å². The van der Waals surface area contributed by atoms with Crippen molar-refractivity contribution in [1.29, 1.82) is 5.26 Å². The second kappa shape index (κ2) is 4.97. The highest BCUT2D eigenvalue weighted by molar-refractivity contribution is 5.94. The molecule has 1 atom stereocenters. The zero-order valence-electron chi connectivity index (χ0n) is 10.9. The fourth-order valence-electron chi connectivity index (χ4n) is 2.53. The summed E-state index contributed by atoms with van der Waals surface area (Å²) in [6.07, 6.45) is 1.50. The molecule has 3 rings (SSSR count). The summed E-state index contributed by atoms with van der Waals surface area (Å²) in [6.45, 7) is 0.103. The van der Waals surface area contributed by atoms with Crippen LogP contribution in [0.1, 0.15) is 41.3 Å². The average molecular weight is 270 g/mol. The third kappa shape index (κ3) is 2.25. The molecule has 5 heteroatoms. The fourth-order valence-corrected chi connectivity index (χ4v) is 2.53. The van der Waals surface area contributed by atoms with Crippen LogP contribution < -0.4 is 0 Å². The summed E-state index contributed by atoms with van der Waals surface area (Å²) in [6, 6.07) is 9.32. The van der Waals surface area contributed by atoms with E-state index in [4.69, 9.17) is 10.00 Å². The number of hydrogen-bond donors (Lipinski definition) is 0. The number of nitriles is 1. The van der Waals surface area contributed by atoms with Gasteiger partial charge in [0, 0.05) is 11.6 Å². The van der Waals surface area contributed by atoms with Crippen molar-refractivity contribution in [3.05, 3.63) is 35.4 Å². The van der Waals surface area contributed by atoms with Crippen molar-refractivity contribution < 1.29 is 14.3 Å². The Morgan fingerprint density at radius 2 is 2.15 bits per heavy atom. The van der Waals surface area contributed by atoms with Gasteiger partial charge in [-0.05, 0) is 18.9 Å². The summed E-state index contributed by atoms with van der Waals surface area (Å²) < 4.78 is 5.26. The molecule has 0 radical (unpaired) electrons. The van der Waals surface area contributed by atoms with Crippen LogP contribution in [-0.2, 0) is 9.53 Å². The topological polar surface area (TPSA) is 70.4 Å². The molecule has 0 N–H and O–H groups in total. The minimum absolute atomic E-state index is 0.103. The maximum Gasteiger partial charge on any atom is 0.339 e. The maximum absolute atomic E-state index is 12.3. The number of hydrogen-bond acceptors (Lipinski definition) is 4. The van der Waals surface area contributed by atoms with E-state index >= 15 is 0 Å². The molecule has 1 saturated carbocycles. The van der Waals surface area contributed by atoms with E-state index in [0.717, 1.165) is 18.4 Å². The first kappa shape index (κ1) is 12.7. The maximum atomic E-state index is 12.3. The smallest absolute Gasteiger partial charge is 0.339 e. The van der Waals surface area contributed by atoms with E-state index in [9.17, 15) is 9.59 Å². The van der Waals surface area contributed by atoms with Crippen LogP contribution in [0.3, 0.4) is 0 Å². The number of nitrogens with zero attached hydrogens (tertiary/aromatic N) is 2. The Morgan fingerprint density at radius 3 is 2.85 bits per heavy atom. The molecule has 2 aliphatic rings. The molecular formula is C15H14N2O3. The Morgan fingerprint density at radius 1 is 1.40 bits per heavy atom. The van der Waals surface area contributed by atoms with Gasteiger partial charge in [0.25, 0.3) is 0 Å². The normalized spacial score (nSPS) is 19.9. The van der Waals surface area contributed by atoms with Crippen LogP contribution in [0.5, 0.6) is 0 Å². The molecule has 1 amide bonds. The molecule has 0 bridgehead atoms. The molecule has 1 aromatic carbocycles. The number of esters is 1. The number of fused-ring (bicyclic) bond motifs is 1. The van der Waals surface area contributed by atoms with Gasteiger partial charge in [-0.25, -0.2) is 4.79 Å². The van der Waals surface area contributed by atoms with E-state index in [2.05, 4.69) is 0 Å². The first-order valence-corrected chi connectivity index (χ1v) is 6.67. The highest BCUT2D eigenvalue weighted by atomic mass is 16.5. The lowest BCUT2D eigenvalue weighted by Gasteiger charge is -2.20. The zero-order valence-corrected chi connectivity index (χ0v) is 10.9. The lowest BCUT2D eigenvalue weighted by molar-refractivity contribution is -0.133. The Labute approximate surface area is 116 Å². The summed E-state index contributed by atoms with van der Waals surface area (Å²) in [5.74, 6) is -0.500. The van der Waals surface area contributed by atoms with Crippen molar-refractivity contribution in [2.75, 3.05) is 6.54 Å². The molecule has 1 heterocycles. The molecular weight excluding hydrogens is 256 g/mol. The molecule has 0 saturated heterocycles. The Balaban J connectivity index is 1.74. The predicted molar refractivity (Wildman–Crippen MR) is 69.6 cm³/mol. The molecule has 1 aliphatic carbocycles. The summed E-state index contributed by atoms with van der Waals surface area (Å²) in [4.78, 5) is 25.6. The van der Waals surface area contributed by atoms with Crippen molar-refractivity contribution in [3.63, 3.8) is 0 Å². The molecule has 1 aromatic rings. The van der Waals surface area contributed by atoms with Crippen molar-refractivity contribution in [1.82, 2.24) is 4.90 Å². The van der Waals surface area contributed by atoms with Crippen LogP contribution in [0.25, 0.3) is 0 Å². The number of benzene rings is 1. The molecule has 1 aliphatic heterocycles. The highest BCUT2D eigenvalue weighted by Crippen LogP contribution is 2.34. The number of carbonyl (C=O) groups is 2. The first-order chi connectivity index (χ1) is 9.70. The van der Waals surface area contributed by atoms with Crippen molar-refractivity contribution in [3.8, 4) is 6.07 Å². The van der Waals surface area contributed by atoms with E-state index in [-0.39, 0.29) is 30.9 Å². The highest BCUT2D eigenvalue weighted by Gasteiger charge is 2.37. The summed E-state index contributed by atoms with van der Waals surface area (Å²) >= 11 is 0. The Bertz CT molecular complexity index is 601. The Hall–Kier alpha value is -2.35. The lowest BCUT2D eigenvalue weighted by Crippen LogP contribution is -2.34. The van der Waals surface area contributed by atoms with Gasteiger partial charge in [-0.3, -0.25) is 4.79 Å². The van der Waals surface area contributed by atoms with Crippen molar-refractivity contribution in [2.45, 2.75) is 31.4 Å². The van der Waals surface area contributed by atoms with E-state index < -0.39 is 6.10 Å². The largest absolute Gasteiger partial charge is 0.453 e. The lowest BCUT2D eigenvalue weighted by atomic mass is 10.0. The summed E-state index contributed by atoms with van der Waals surface area (Å²) in [5, 5.41) is 8.79. The van der Waals surface area contributed by atoms with Gasteiger partial charge in [-0.2, -0.15) is 5.26 Å². The number of cyclic esters (lactones) is 1. The third-order valence-electron chi connectivity index (χ3n) is 3.69. The summed E-state index contributed by atoms with van der Waals surface area (Å²) in [5.41, 5.74) is 1.29. The molecule has 0 aromatic heterocycles. The standard InChI is InChI=1S/C15H14N2O3/c16-7-8-17(10-5-6-10)14(18)9-13-11-3-1-2-4-12(11)15(19)20-13/h1-4,10,13H,5-6,8-9H2/t13-/m0/s1. The van der Waals surface area contributed by atoms with Crippen molar-refractivity contribution in [2.24, 2.45) is 0 Å². The van der Waals surface area contributed by atoms with Crippen LogP contribution in [0.2, 0.25) is 0 Å². The Kier molecular flexibility index (Phi) is 3.15. The van der Waals surface area contributed by atoms with Crippen LogP contribution in [-0.4, -0.2) is 29.4 Å². The zero-order chi connectivity index (χ0) is 14.1. The summed E-state index contributed by atoms with van der Waals surface area (Å²) in [7, 11) is 0. The number of carbonyl (C=O) groups excluding carboxylic acids is 2. The number of ether oxygens (including phenoxy) is 1. The molecule has 0 spiro atoms. The first-order valence-electron chi connectivity index (χ1n) is 6.67. The van der Waals surface area contributed by atoms with Crippen LogP contribution in [0.15, 0.2) is 24.3 Å². The predicted octanol–water partition coefficient (Wildman–Crippen LogP) is 1.80. The second-order valence-electron chi connectivity index (χ2n) is 5.10. The SMILES string of the molecule is N#CCN(C(=O)C[C@@H]1OC(=O)c2ccccc21)C1CC1. The molecule has 1 fully saturated rings. The molecule has 0 unspecified atom stereocenters. The number of rotatable bonds is 4. The van der Waals surface area contributed by atoms with Crippen LogP contribution >= 0.6 is 0 Å². The third-order valence-corrected chi connectivity index (χ3v) is 3.69. The van der Waals surface area contributed by atoms with E-state index in [1.54, 1.807) is 17.0 Å². The minimum atomic E-state index is -0.522. The average Bonchev–Trinajstić information content (AvgIpc) is 3.23.